The van der Waals surface area contributed by atoms with Crippen LogP contribution in [0.5, 0.6) is 0 Å². The molecule has 4 aliphatic rings. The maximum atomic E-state index is 13.1. The number of hydrogen-bond donors (Lipinski definition) is 2. The minimum Gasteiger partial charge on any atom is -0.469 e. The Balaban J connectivity index is 1.09. The summed E-state index contributed by atoms with van der Waals surface area (Å²) in [6.45, 7) is 6.94. The number of nitrogens with two attached hydrogens (primary N) is 1. The molecule has 0 saturated heterocycles. The van der Waals surface area contributed by atoms with Gasteiger partial charge in [-0.1, -0.05) is 44.5 Å². The Kier molecular flexibility index (Phi) is 9.37. The van der Waals surface area contributed by atoms with Gasteiger partial charge in [0.05, 0.1) is 13.2 Å². The number of carbonyl (C=O) groups excluding carboxylic acids is 2. The molecule has 9 nitrogen and oxygen atoms in total. The first-order valence-electron chi connectivity index (χ1n) is 17.0. The molecule has 4 saturated carbocycles. The van der Waals surface area contributed by atoms with E-state index < -0.39 is 0 Å². The number of nitrogens with zero attached hydrogens (tertiary/aromatic N) is 3. The molecule has 0 aliphatic heterocycles. The Labute approximate surface area is 282 Å². The highest BCUT2D eigenvalue weighted by atomic mass is 35.5. The Morgan fingerprint density at radius 3 is 2.67 bits per heavy atom. The van der Waals surface area contributed by atoms with Gasteiger partial charge in [0.15, 0.2) is 5.82 Å². The topological polar surface area (TPSA) is 122 Å². The van der Waals surface area contributed by atoms with Crippen LogP contribution in [0.15, 0.2) is 24.3 Å². The van der Waals surface area contributed by atoms with Crippen molar-refractivity contribution in [3.05, 3.63) is 34.1 Å². The van der Waals surface area contributed by atoms with Gasteiger partial charge in [0, 0.05) is 17.0 Å². The number of hydrogen-bond acceptors (Lipinski definition) is 8. The number of aromatic nitrogens is 3. The first-order valence-corrected chi connectivity index (χ1v) is 17.8. The summed E-state index contributed by atoms with van der Waals surface area (Å²) in [6.07, 6.45) is 8.82. The number of fused-ring (bicyclic) bond motifs is 5. The van der Waals surface area contributed by atoms with E-state index in [1.165, 1.54) is 16.5 Å². The van der Waals surface area contributed by atoms with Crippen LogP contribution < -0.4 is 5.84 Å². The summed E-state index contributed by atoms with van der Waals surface area (Å²) in [6, 6.07) is 7.18. The normalized spacial score (nSPS) is 35.8. The number of rotatable bonds is 8. The average molecular weight is 673 g/mol. The monoisotopic (exact) mass is 672 g/mol. The average Bonchev–Trinajstić information content (AvgIpc) is 3.53. The first-order chi connectivity index (χ1) is 21.9. The molecule has 10 atom stereocenters. The van der Waals surface area contributed by atoms with Crippen molar-refractivity contribution < 1.29 is 24.2 Å². The number of benzene rings is 1. The van der Waals surface area contributed by atoms with Crippen molar-refractivity contribution >= 4 is 35.8 Å². The second-order valence-corrected chi connectivity index (χ2v) is 15.9. The summed E-state index contributed by atoms with van der Waals surface area (Å²) >= 11 is 11.6. The molecule has 4 aliphatic carbocycles. The van der Waals surface area contributed by atoms with Crippen molar-refractivity contribution in [2.45, 2.75) is 104 Å². The predicted molar refractivity (Wildman–Crippen MR) is 179 cm³/mol. The fraction of sp³-hybridized carbons (Fsp3) is 0.714. The zero-order chi connectivity index (χ0) is 33.0. The van der Waals surface area contributed by atoms with Gasteiger partial charge >= 0.3 is 11.9 Å². The highest BCUT2D eigenvalue weighted by Crippen LogP contribution is 2.68. The van der Waals surface area contributed by atoms with E-state index in [4.69, 9.17) is 39.1 Å². The van der Waals surface area contributed by atoms with Crippen LogP contribution in [0.2, 0.25) is 5.02 Å². The van der Waals surface area contributed by atoms with Crippen molar-refractivity contribution in [1.82, 2.24) is 14.5 Å². The zero-order valence-corrected chi connectivity index (χ0v) is 29.1. The third kappa shape index (κ3) is 5.80. The Hall–Kier alpha value is -2.43. The van der Waals surface area contributed by atoms with Crippen LogP contribution >= 0.6 is 23.8 Å². The Morgan fingerprint density at radius 1 is 1.15 bits per heavy atom. The van der Waals surface area contributed by atoms with Crippen molar-refractivity contribution in [2.24, 2.45) is 46.3 Å². The summed E-state index contributed by atoms with van der Waals surface area (Å²) in [5, 5.41) is 16.9. The molecular weight excluding hydrogens is 624 g/mol. The summed E-state index contributed by atoms with van der Waals surface area (Å²) in [7, 11) is 1.45. The number of methoxy groups -OCH3 is 1. The van der Waals surface area contributed by atoms with Gasteiger partial charge < -0.3 is 20.4 Å². The molecule has 0 amide bonds. The fourth-order valence-electron chi connectivity index (χ4n) is 10.6. The quantitative estimate of drug-likeness (QED) is 0.183. The standard InChI is InChI=1S/C35H49ClN4O5S/c1-20(8-13-30(42)44-4)26-11-12-27-25-10-9-22-17-24(14-15-34(22,2)28(25)18-29(41)35(26,27)3)45-31(43)19-39-33(46)40(37)32(38-39)21-6-5-7-23(36)16-21/h5-7,16,20,22,24-29,41H,8-15,17-19,37H2,1-4H3/t20-,22-,24-,25+,26-,27+,28+,29+,34+,35-/m1/s1. The summed E-state index contributed by atoms with van der Waals surface area (Å²) in [5.74, 6) is 8.92. The molecule has 11 heteroatoms. The van der Waals surface area contributed by atoms with Gasteiger partial charge in [-0.15, -0.1) is 5.10 Å². The van der Waals surface area contributed by atoms with Gasteiger partial charge in [-0.25, -0.2) is 9.36 Å². The second kappa shape index (κ2) is 12.9. The number of halogens is 1. The maximum absolute atomic E-state index is 13.1. The van der Waals surface area contributed by atoms with Gasteiger partial charge in [-0.05, 0) is 128 Å². The molecule has 0 spiro atoms. The van der Waals surface area contributed by atoms with Gasteiger partial charge in [0.2, 0.25) is 4.77 Å². The smallest absolute Gasteiger partial charge is 0.328 e. The summed E-state index contributed by atoms with van der Waals surface area (Å²) < 4.78 is 13.9. The van der Waals surface area contributed by atoms with Gasteiger partial charge in [-0.3, -0.25) is 9.59 Å². The number of nitrogen functional groups attached to an aromatic ring is 1. The zero-order valence-electron chi connectivity index (χ0n) is 27.5. The molecule has 4 fully saturated rings. The Morgan fingerprint density at radius 2 is 1.93 bits per heavy atom. The number of carbonyl (C=O) groups is 2. The third-order valence-electron chi connectivity index (χ3n) is 13.0. The molecule has 252 valence electrons. The largest absolute Gasteiger partial charge is 0.469 e. The molecule has 0 unspecified atom stereocenters. The molecular formula is C35H49ClN4O5S. The predicted octanol–water partition coefficient (Wildman–Crippen LogP) is 6.58. The lowest BCUT2D eigenvalue weighted by atomic mass is 9.43. The third-order valence-corrected chi connectivity index (χ3v) is 13.7. The summed E-state index contributed by atoms with van der Waals surface area (Å²) in [5.41, 5.74) is 0.719. The summed E-state index contributed by atoms with van der Waals surface area (Å²) in [4.78, 5) is 25.0. The van der Waals surface area contributed by atoms with Crippen LogP contribution in [-0.4, -0.2) is 50.8 Å². The van der Waals surface area contributed by atoms with Crippen molar-refractivity contribution in [1.29, 1.82) is 0 Å². The second-order valence-electron chi connectivity index (χ2n) is 15.1. The number of ether oxygens (including phenoxy) is 2. The van der Waals surface area contributed by atoms with E-state index in [0.29, 0.717) is 58.3 Å². The van der Waals surface area contributed by atoms with Crippen LogP contribution in [-0.2, 0) is 25.6 Å². The lowest BCUT2D eigenvalue weighted by Crippen LogP contribution is -2.59. The first kappa shape index (κ1) is 33.5. The van der Waals surface area contributed by atoms with Crippen LogP contribution in [0.25, 0.3) is 11.4 Å². The number of esters is 2. The van der Waals surface area contributed by atoms with Gasteiger partial charge in [0.1, 0.15) is 12.6 Å². The highest BCUT2D eigenvalue weighted by molar-refractivity contribution is 7.71. The lowest BCUT2D eigenvalue weighted by molar-refractivity contribution is -0.182. The minimum absolute atomic E-state index is 0.106. The van der Waals surface area contributed by atoms with E-state index in [0.717, 1.165) is 57.8 Å². The van der Waals surface area contributed by atoms with Crippen LogP contribution in [0.4, 0.5) is 0 Å². The van der Waals surface area contributed by atoms with E-state index in [1.54, 1.807) is 12.1 Å². The van der Waals surface area contributed by atoms with E-state index in [1.807, 2.05) is 12.1 Å². The van der Waals surface area contributed by atoms with Crippen molar-refractivity contribution in [2.75, 3.05) is 13.0 Å². The van der Waals surface area contributed by atoms with E-state index in [-0.39, 0.29) is 46.3 Å². The van der Waals surface area contributed by atoms with E-state index in [9.17, 15) is 14.7 Å². The van der Waals surface area contributed by atoms with Gasteiger partial charge in [-0.2, -0.15) is 0 Å². The van der Waals surface area contributed by atoms with Crippen molar-refractivity contribution in [3.8, 4) is 11.4 Å². The molecule has 1 aromatic heterocycles. The molecule has 0 bridgehead atoms. The van der Waals surface area contributed by atoms with Crippen LogP contribution in [0.1, 0.15) is 85.0 Å². The highest BCUT2D eigenvalue weighted by Gasteiger charge is 2.63. The molecule has 0 radical (unpaired) electrons. The molecule has 1 aromatic carbocycles. The number of aliphatic hydroxyl groups excluding tert-OH is 1. The van der Waals surface area contributed by atoms with Gasteiger partial charge in [0.25, 0.3) is 0 Å². The number of aliphatic hydroxyl groups is 1. The van der Waals surface area contributed by atoms with Crippen LogP contribution in [0, 0.1) is 51.1 Å². The van der Waals surface area contributed by atoms with E-state index >= 15 is 0 Å². The molecule has 46 heavy (non-hydrogen) atoms. The van der Waals surface area contributed by atoms with Crippen molar-refractivity contribution in [3.63, 3.8) is 0 Å². The molecule has 1 heterocycles. The SMILES string of the molecule is COC(=O)CC[C@@H](C)[C@H]1CC[C@H]2[C@@H]3CC[C@@H]4C[C@H](OC(=O)Cn5nc(-c6cccc(Cl)c6)n(N)c5=S)CC[C@]4(C)[C@H]3C[C@H](O)[C@]12C. The molecule has 6 rings (SSSR count). The maximum Gasteiger partial charge on any atom is 0.328 e. The fourth-order valence-corrected chi connectivity index (χ4v) is 11.0. The lowest BCUT2D eigenvalue weighted by Gasteiger charge is -2.62. The van der Waals surface area contributed by atoms with Crippen LogP contribution in [0.3, 0.4) is 0 Å². The Bertz CT molecular complexity index is 1530. The minimum atomic E-state index is -0.365. The molecule has 2 aromatic rings. The van der Waals surface area contributed by atoms with E-state index in [2.05, 4.69) is 25.9 Å². The molecule has 3 N–H and O–H groups in total.